The number of aryl methyl sites for hydroxylation is 3. The van der Waals surface area contributed by atoms with Gasteiger partial charge in [0, 0.05) is 18.8 Å². The number of hydrogen-bond acceptors (Lipinski definition) is 3. The normalized spacial score (nSPS) is 22.7. The fourth-order valence-electron chi connectivity index (χ4n) is 2.64. The molecule has 2 N–H and O–H groups in total. The number of carbonyl (C=O) groups excluding carboxylic acids is 1. The van der Waals surface area contributed by atoms with E-state index in [1.165, 1.54) is 5.69 Å². The summed E-state index contributed by atoms with van der Waals surface area (Å²) in [6.07, 6.45) is 2.00. The van der Waals surface area contributed by atoms with Crippen LogP contribution < -0.4 is 10.6 Å². The monoisotopic (exact) mass is 264 g/mol. The van der Waals surface area contributed by atoms with Crippen molar-refractivity contribution in [2.45, 2.75) is 46.2 Å². The molecule has 1 aliphatic heterocycles. The van der Waals surface area contributed by atoms with Gasteiger partial charge in [-0.25, -0.2) is 0 Å². The Morgan fingerprint density at radius 2 is 2.37 bits per heavy atom. The van der Waals surface area contributed by atoms with Crippen molar-refractivity contribution in [2.75, 3.05) is 13.1 Å². The number of rotatable bonds is 5. The van der Waals surface area contributed by atoms with Gasteiger partial charge in [0.15, 0.2) is 0 Å². The highest BCUT2D eigenvalue weighted by molar-refractivity contribution is 5.82. The number of nitrogens with one attached hydrogen (secondary N) is 2. The van der Waals surface area contributed by atoms with Gasteiger partial charge in [-0.1, -0.05) is 6.92 Å². The van der Waals surface area contributed by atoms with Crippen LogP contribution in [0.5, 0.6) is 0 Å². The summed E-state index contributed by atoms with van der Waals surface area (Å²) in [5.41, 5.74) is 2.22. The van der Waals surface area contributed by atoms with Crippen molar-refractivity contribution in [3.8, 4) is 0 Å². The molecule has 0 radical (unpaired) electrons. The van der Waals surface area contributed by atoms with Crippen LogP contribution in [0.15, 0.2) is 6.07 Å². The zero-order valence-electron chi connectivity index (χ0n) is 12.1. The minimum Gasteiger partial charge on any atom is -0.355 e. The van der Waals surface area contributed by atoms with Crippen LogP contribution in [0.4, 0.5) is 0 Å². The second kappa shape index (κ2) is 6.19. The average molecular weight is 264 g/mol. The van der Waals surface area contributed by atoms with E-state index in [0.717, 1.165) is 31.6 Å². The van der Waals surface area contributed by atoms with Crippen molar-refractivity contribution >= 4 is 5.91 Å². The lowest BCUT2D eigenvalue weighted by Gasteiger charge is -2.15. The second-order valence-corrected chi connectivity index (χ2v) is 5.49. The molecule has 2 heterocycles. The first-order chi connectivity index (χ1) is 9.08. The Kier molecular flexibility index (Phi) is 4.58. The minimum absolute atomic E-state index is 0.00585. The molecule has 5 heteroatoms. The third-order valence-corrected chi connectivity index (χ3v) is 3.76. The Morgan fingerprint density at radius 1 is 1.58 bits per heavy atom. The van der Waals surface area contributed by atoms with Crippen LogP contribution >= 0.6 is 0 Å². The molecule has 2 atom stereocenters. The van der Waals surface area contributed by atoms with Gasteiger partial charge in [0.25, 0.3) is 0 Å². The van der Waals surface area contributed by atoms with Gasteiger partial charge in [0.2, 0.25) is 5.91 Å². The summed E-state index contributed by atoms with van der Waals surface area (Å²) < 4.78 is 2.00. The molecule has 0 spiro atoms. The zero-order valence-corrected chi connectivity index (χ0v) is 12.1. The van der Waals surface area contributed by atoms with E-state index in [2.05, 4.69) is 35.6 Å². The van der Waals surface area contributed by atoms with E-state index in [4.69, 9.17) is 0 Å². The first kappa shape index (κ1) is 14.1. The lowest BCUT2D eigenvalue weighted by atomic mass is 10.0. The molecule has 0 bridgehead atoms. The maximum Gasteiger partial charge on any atom is 0.237 e. The fraction of sp³-hybridized carbons (Fsp3) is 0.714. The van der Waals surface area contributed by atoms with Crippen LogP contribution in [0.1, 0.15) is 31.2 Å². The van der Waals surface area contributed by atoms with Gasteiger partial charge in [0.1, 0.15) is 0 Å². The molecule has 5 nitrogen and oxygen atoms in total. The Morgan fingerprint density at radius 3 is 2.95 bits per heavy atom. The standard InChI is InChI=1S/C14H24N4O/c1-10-5-7-15-13(10)14(19)16-6-4-8-18-12(3)9-11(2)17-18/h9-10,13,15H,4-8H2,1-3H3,(H,16,19). The van der Waals surface area contributed by atoms with E-state index >= 15 is 0 Å². The summed E-state index contributed by atoms with van der Waals surface area (Å²) in [5, 5.41) is 10.7. The minimum atomic E-state index is -0.00585. The van der Waals surface area contributed by atoms with Gasteiger partial charge >= 0.3 is 0 Å². The fourth-order valence-corrected chi connectivity index (χ4v) is 2.64. The molecule has 0 aromatic carbocycles. The molecule has 106 valence electrons. The van der Waals surface area contributed by atoms with E-state index in [0.29, 0.717) is 12.5 Å². The molecule has 1 amide bonds. The molecule has 1 aliphatic rings. The van der Waals surface area contributed by atoms with Gasteiger partial charge in [-0.15, -0.1) is 0 Å². The molecule has 2 unspecified atom stereocenters. The Balaban J connectivity index is 1.69. The van der Waals surface area contributed by atoms with Gasteiger partial charge in [-0.3, -0.25) is 9.48 Å². The highest BCUT2D eigenvalue weighted by Gasteiger charge is 2.28. The van der Waals surface area contributed by atoms with Crippen molar-refractivity contribution < 1.29 is 4.79 Å². The SMILES string of the molecule is Cc1cc(C)n(CCCNC(=O)C2NCCC2C)n1. The Labute approximate surface area is 114 Å². The van der Waals surface area contributed by atoms with Crippen LogP contribution in [0.25, 0.3) is 0 Å². The zero-order chi connectivity index (χ0) is 13.8. The topological polar surface area (TPSA) is 59.0 Å². The molecule has 2 rings (SSSR count). The molecule has 1 aromatic heterocycles. The molecule has 1 saturated heterocycles. The van der Waals surface area contributed by atoms with Crippen LogP contribution in [0.3, 0.4) is 0 Å². The summed E-state index contributed by atoms with van der Waals surface area (Å²) in [5.74, 6) is 0.578. The maximum absolute atomic E-state index is 11.9. The average Bonchev–Trinajstić information content (AvgIpc) is 2.91. The van der Waals surface area contributed by atoms with Gasteiger partial charge in [0.05, 0.1) is 11.7 Å². The quantitative estimate of drug-likeness (QED) is 0.780. The number of aromatic nitrogens is 2. The van der Waals surface area contributed by atoms with Crippen LogP contribution in [0.2, 0.25) is 0 Å². The van der Waals surface area contributed by atoms with E-state index in [1.54, 1.807) is 0 Å². The maximum atomic E-state index is 11.9. The van der Waals surface area contributed by atoms with Crippen molar-refractivity contribution in [2.24, 2.45) is 5.92 Å². The number of hydrogen-bond donors (Lipinski definition) is 2. The van der Waals surface area contributed by atoms with E-state index in [9.17, 15) is 4.79 Å². The third-order valence-electron chi connectivity index (χ3n) is 3.76. The van der Waals surface area contributed by atoms with Gasteiger partial charge < -0.3 is 10.6 Å². The lowest BCUT2D eigenvalue weighted by Crippen LogP contribution is -2.43. The number of amides is 1. The third kappa shape index (κ3) is 3.56. The van der Waals surface area contributed by atoms with Crippen LogP contribution in [-0.2, 0) is 11.3 Å². The lowest BCUT2D eigenvalue weighted by molar-refractivity contribution is -0.123. The Bertz CT molecular complexity index is 441. The highest BCUT2D eigenvalue weighted by atomic mass is 16.2. The smallest absolute Gasteiger partial charge is 0.237 e. The molecule has 1 aromatic rings. The summed E-state index contributed by atoms with van der Waals surface area (Å²) in [6, 6.07) is 2.07. The predicted molar refractivity (Wildman–Crippen MR) is 74.9 cm³/mol. The van der Waals surface area contributed by atoms with Crippen molar-refractivity contribution in [3.63, 3.8) is 0 Å². The number of nitrogens with zero attached hydrogens (tertiary/aromatic N) is 2. The first-order valence-corrected chi connectivity index (χ1v) is 7.10. The summed E-state index contributed by atoms with van der Waals surface area (Å²) >= 11 is 0. The molecule has 0 saturated carbocycles. The van der Waals surface area contributed by atoms with Crippen molar-refractivity contribution in [3.05, 3.63) is 17.5 Å². The van der Waals surface area contributed by atoms with Gasteiger partial charge in [-0.2, -0.15) is 5.10 Å². The predicted octanol–water partition coefficient (Wildman–Crippen LogP) is 1.00. The van der Waals surface area contributed by atoms with Gasteiger partial charge in [-0.05, 0) is 45.2 Å². The molecule has 0 aliphatic carbocycles. The van der Waals surface area contributed by atoms with E-state index in [1.807, 2.05) is 11.6 Å². The highest BCUT2D eigenvalue weighted by Crippen LogP contribution is 2.14. The summed E-state index contributed by atoms with van der Waals surface area (Å²) in [6.45, 7) is 8.70. The molecule has 1 fully saturated rings. The summed E-state index contributed by atoms with van der Waals surface area (Å²) in [4.78, 5) is 11.9. The largest absolute Gasteiger partial charge is 0.355 e. The summed E-state index contributed by atoms with van der Waals surface area (Å²) in [7, 11) is 0. The molecule has 19 heavy (non-hydrogen) atoms. The molecular weight excluding hydrogens is 240 g/mol. The van der Waals surface area contributed by atoms with Crippen molar-refractivity contribution in [1.82, 2.24) is 20.4 Å². The van der Waals surface area contributed by atoms with Crippen LogP contribution in [0, 0.1) is 19.8 Å². The van der Waals surface area contributed by atoms with Crippen LogP contribution in [-0.4, -0.2) is 34.8 Å². The number of carbonyl (C=O) groups is 1. The molecular formula is C14H24N4O. The first-order valence-electron chi connectivity index (χ1n) is 7.10. The Hall–Kier alpha value is -1.36. The van der Waals surface area contributed by atoms with Crippen molar-refractivity contribution in [1.29, 1.82) is 0 Å². The van der Waals surface area contributed by atoms with E-state index in [-0.39, 0.29) is 11.9 Å². The second-order valence-electron chi connectivity index (χ2n) is 5.49. The van der Waals surface area contributed by atoms with E-state index < -0.39 is 0 Å².